The van der Waals surface area contributed by atoms with Crippen molar-refractivity contribution in [2.75, 3.05) is 6.54 Å². The zero-order valence-corrected chi connectivity index (χ0v) is 14.7. The minimum absolute atomic E-state index is 0.244. The van der Waals surface area contributed by atoms with Crippen LogP contribution in [0.5, 0.6) is 0 Å². The molecule has 0 amide bonds. The highest BCUT2D eigenvalue weighted by molar-refractivity contribution is 7.78. The minimum Gasteiger partial charge on any atom is -0.513 e. The van der Waals surface area contributed by atoms with Crippen molar-refractivity contribution >= 4 is 19.1 Å². The van der Waals surface area contributed by atoms with Crippen LogP contribution < -0.4 is 4.72 Å². The second kappa shape index (κ2) is 21.8. The fraction of sp³-hybridized carbons (Fsp3) is 0.824. The number of thiol groups is 1. The average molecular weight is 318 g/mol. The van der Waals surface area contributed by atoms with Gasteiger partial charge < -0.3 is 9.90 Å². The van der Waals surface area contributed by atoms with E-state index < -0.39 is 0 Å². The summed E-state index contributed by atoms with van der Waals surface area (Å²) in [5.74, 6) is 0.244. The number of allylic oxidation sites excluding steroid dienone is 1. The lowest BCUT2D eigenvalue weighted by atomic mass is 10.1. The Bertz CT molecular complexity index is 223. The Morgan fingerprint density at radius 1 is 1.05 bits per heavy atom. The largest absolute Gasteiger partial charge is 0.513 e. The molecule has 3 nitrogen and oxygen atoms in total. The molecule has 0 aromatic heterocycles. The molecule has 0 spiro atoms. The first-order valence-electron chi connectivity index (χ1n) is 8.36. The van der Waals surface area contributed by atoms with Crippen molar-refractivity contribution in [3.63, 3.8) is 0 Å². The first kappa shape index (κ1) is 22.8. The monoisotopic (exact) mass is 317 g/mol. The molecule has 0 atom stereocenters. The third-order valence-electron chi connectivity index (χ3n) is 3.18. The molecule has 0 aliphatic rings. The van der Waals surface area contributed by atoms with Crippen molar-refractivity contribution in [3.05, 3.63) is 12.3 Å². The molecule has 0 fully saturated rings. The summed E-state index contributed by atoms with van der Waals surface area (Å²) in [7, 11) is 0. The highest BCUT2D eigenvalue weighted by Gasteiger charge is 1.91. The van der Waals surface area contributed by atoms with Gasteiger partial charge in [0, 0.05) is 19.4 Å². The number of nitrogens with one attached hydrogen (secondary N) is 1. The van der Waals surface area contributed by atoms with E-state index in [9.17, 15) is 4.79 Å². The third kappa shape index (κ3) is 28.4. The molecule has 0 aromatic rings. The van der Waals surface area contributed by atoms with E-state index >= 15 is 0 Å². The molecule has 0 saturated carbocycles. The maximum Gasteiger partial charge on any atom is 0.119 e. The Labute approximate surface area is 137 Å². The van der Waals surface area contributed by atoms with Gasteiger partial charge in [0.05, 0.1) is 5.76 Å². The SMILES string of the molecule is C=C(O)CCCNS.CCCCCCCCCCCC=O. The van der Waals surface area contributed by atoms with Crippen LogP contribution in [0.15, 0.2) is 12.3 Å². The Hall–Kier alpha value is -0.480. The summed E-state index contributed by atoms with van der Waals surface area (Å²) in [6, 6.07) is 0. The topological polar surface area (TPSA) is 49.3 Å². The van der Waals surface area contributed by atoms with Crippen LogP contribution in [0, 0.1) is 0 Å². The molecule has 0 saturated heterocycles. The summed E-state index contributed by atoms with van der Waals surface area (Å²) in [5.41, 5.74) is 0. The Morgan fingerprint density at radius 3 is 2.00 bits per heavy atom. The summed E-state index contributed by atoms with van der Waals surface area (Å²) in [4.78, 5) is 10.0. The number of carbonyl (C=O) groups is 1. The lowest BCUT2D eigenvalue weighted by Gasteiger charge is -1.99. The van der Waals surface area contributed by atoms with Gasteiger partial charge in [0.1, 0.15) is 6.29 Å². The van der Waals surface area contributed by atoms with Crippen LogP contribution in [0.3, 0.4) is 0 Å². The maximum atomic E-state index is 10.0. The predicted octanol–water partition coefficient (Wildman–Crippen LogP) is 5.38. The van der Waals surface area contributed by atoms with Crippen molar-refractivity contribution in [1.82, 2.24) is 4.72 Å². The van der Waals surface area contributed by atoms with Crippen molar-refractivity contribution in [3.8, 4) is 0 Å². The molecule has 0 unspecified atom stereocenters. The van der Waals surface area contributed by atoms with Gasteiger partial charge in [0.2, 0.25) is 0 Å². The number of rotatable bonds is 14. The Morgan fingerprint density at radius 2 is 1.57 bits per heavy atom. The van der Waals surface area contributed by atoms with Crippen LogP contribution in [0.1, 0.15) is 84.0 Å². The Balaban J connectivity index is 0. The first-order valence-corrected chi connectivity index (χ1v) is 8.81. The standard InChI is InChI=1S/C12H24O.C5H11NOS/c1-2-3-4-5-6-7-8-9-10-11-12-13;1-5(7)3-2-4-6-8/h12H,2-11H2,1H3;6-8H,1-4H2. The normalized spacial score (nSPS) is 9.81. The minimum atomic E-state index is 0.244. The van der Waals surface area contributed by atoms with Gasteiger partial charge in [-0.05, 0) is 12.8 Å². The molecule has 126 valence electrons. The number of aliphatic hydroxyl groups is 1. The molecule has 21 heavy (non-hydrogen) atoms. The molecule has 2 N–H and O–H groups in total. The quantitative estimate of drug-likeness (QED) is 0.174. The van der Waals surface area contributed by atoms with Gasteiger partial charge in [-0.25, -0.2) is 0 Å². The van der Waals surface area contributed by atoms with E-state index in [2.05, 4.69) is 31.0 Å². The molecule has 0 rings (SSSR count). The highest BCUT2D eigenvalue weighted by atomic mass is 32.1. The third-order valence-corrected chi connectivity index (χ3v) is 3.40. The van der Waals surface area contributed by atoms with E-state index in [0.29, 0.717) is 6.42 Å². The number of carbonyl (C=O) groups excluding carboxylic acids is 1. The number of hydrogen-bond acceptors (Lipinski definition) is 4. The molecule has 0 radical (unpaired) electrons. The van der Waals surface area contributed by atoms with Crippen molar-refractivity contribution < 1.29 is 9.90 Å². The van der Waals surface area contributed by atoms with E-state index in [1.54, 1.807) is 0 Å². The second-order valence-corrected chi connectivity index (χ2v) is 5.68. The molecule has 0 aliphatic heterocycles. The molecule has 0 heterocycles. The summed E-state index contributed by atoms with van der Waals surface area (Å²) in [5, 5.41) is 8.53. The molecular formula is C17H35NO2S. The van der Waals surface area contributed by atoms with E-state index in [1.165, 1.54) is 51.4 Å². The van der Waals surface area contributed by atoms with Crippen LogP contribution in [0.25, 0.3) is 0 Å². The molecule has 0 aromatic carbocycles. The predicted molar refractivity (Wildman–Crippen MR) is 95.9 cm³/mol. The average Bonchev–Trinajstić information content (AvgIpc) is 2.46. The van der Waals surface area contributed by atoms with Crippen LogP contribution in [-0.2, 0) is 4.79 Å². The smallest absolute Gasteiger partial charge is 0.119 e. The molecule has 0 aliphatic carbocycles. The zero-order valence-electron chi connectivity index (χ0n) is 13.8. The fourth-order valence-electron chi connectivity index (χ4n) is 1.91. The molecule has 4 heteroatoms. The summed E-state index contributed by atoms with van der Waals surface area (Å²) in [6.07, 6.45) is 15.3. The van der Waals surface area contributed by atoms with Gasteiger partial charge >= 0.3 is 0 Å². The first-order chi connectivity index (χ1) is 10.2. The number of aldehydes is 1. The maximum absolute atomic E-state index is 10.0. The van der Waals surface area contributed by atoms with Gasteiger partial charge in [0.25, 0.3) is 0 Å². The Kier molecular flexibility index (Phi) is 23.7. The lowest BCUT2D eigenvalue weighted by Crippen LogP contribution is -2.00. The van der Waals surface area contributed by atoms with Crippen LogP contribution >= 0.6 is 12.8 Å². The van der Waals surface area contributed by atoms with Crippen molar-refractivity contribution in [2.45, 2.75) is 84.0 Å². The van der Waals surface area contributed by atoms with Gasteiger partial charge in [-0.3, -0.25) is 4.72 Å². The van der Waals surface area contributed by atoms with Crippen LogP contribution in [-0.4, -0.2) is 17.9 Å². The highest BCUT2D eigenvalue weighted by Crippen LogP contribution is 2.09. The summed E-state index contributed by atoms with van der Waals surface area (Å²) in [6.45, 7) is 6.39. The van der Waals surface area contributed by atoms with Crippen molar-refractivity contribution in [1.29, 1.82) is 0 Å². The fourth-order valence-corrected chi connectivity index (χ4v) is 2.07. The second-order valence-electron chi connectivity index (χ2n) is 5.36. The molecular weight excluding hydrogens is 282 g/mol. The zero-order chi connectivity index (χ0) is 16.2. The van der Waals surface area contributed by atoms with Crippen LogP contribution in [0.4, 0.5) is 0 Å². The number of unbranched alkanes of at least 4 members (excludes halogenated alkanes) is 9. The summed E-state index contributed by atoms with van der Waals surface area (Å²) >= 11 is 3.76. The molecule has 0 bridgehead atoms. The number of aliphatic hydroxyl groups excluding tert-OH is 1. The van der Waals surface area contributed by atoms with Gasteiger partial charge in [-0.2, -0.15) is 0 Å². The number of hydrogen-bond donors (Lipinski definition) is 3. The van der Waals surface area contributed by atoms with Gasteiger partial charge in [-0.15, -0.1) is 0 Å². The van der Waals surface area contributed by atoms with Gasteiger partial charge in [-0.1, -0.05) is 77.7 Å². The van der Waals surface area contributed by atoms with E-state index in [1.807, 2.05) is 0 Å². The summed E-state index contributed by atoms with van der Waals surface area (Å²) < 4.78 is 2.67. The van der Waals surface area contributed by atoms with E-state index in [4.69, 9.17) is 5.11 Å². The van der Waals surface area contributed by atoms with E-state index in [-0.39, 0.29) is 5.76 Å². The van der Waals surface area contributed by atoms with Gasteiger partial charge in [0.15, 0.2) is 0 Å². The van der Waals surface area contributed by atoms with E-state index in [0.717, 1.165) is 32.1 Å². The lowest BCUT2D eigenvalue weighted by molar-refractivity contribution is -0.107. The van der Waals surface area contributed by atoms with Crippen LogP contribution in [0.2, 0.25) is 0 Å². The van der Waals surface area contributed by atoms with Crippen molar-refractivity contribution in [2.24, 2.45) is 0 Å².